The van der Waals surface area contributed by atoms with Crippen molar-refractivity contribution in [2.45, 2.75) is 59.6 Å². The molecule has 1 aliphatic rings. The number of imide groups is 1. The van der Waals surface area contributed by atoms with E-state index in [-0.39, 0.29) is 30.8 Å². The highest BCUT2D eigenvalue weighted by Gasteiger charge is 2.49. The summed E-state index contributed by atoms with van der Waals surface area (Å²) in [6, 6.07) is -0.889. The number of esters is 1. The Bertz CT molecular complexity index is 424. The maximum atomic E-state index is 12.4. The fraction of sp³-hybridized carbons (Fsp3) is 0.800. The molecule has 2 atom stereocenters. The second kappa shape index (κ2) is 6.45. The molecule has 0 unspecified atom stereocenters. The van der Waals surface area contributed by atoms with Gasteiger partial charge in [-0.15, -0.1) is 0 Å². The maximum absolute atomic E-state index is 12.4. The molecule has 1 rings (SSSR count). The Morgan fingerprint density at radius 1 is 1.33 bits per heavy atom. The van der Waals surface area contributed by atoms with Crippen molar-refractivity contribution in [1.82, 2.24) is 4.90 Å². The molecule has 0 N–H and O–H groups in total. The molecule has 0 aromatic heterocycles. The summed E-state index contributed by atoms with van der Waals surface area (Å²) in [5.74, 6) is -1.24. The summed E-state index contributed by atoms with van der Waals surface area (Å²) in [6.07, 6.45) is -0.497. The zero-order valence-corrected chi connectivity index (χ0v) is 13.6. The normalized spacial score (nSPS) is 22.6. The number of ether oxygens (including phenoxy) is 2. The van der Waals surface area contributed by atoms with Crippen LogP contribution in [0.1, 0.15) is 48.0 Å². The summed E-state index contributed by atoms with van der Waals surface area (Å²) in [4.78, 5) is 37.6. The van der Waals surface area contributed by atoms with Crippen LogP contribution in [0.4, 0.5) is 4.79 Å². The lowest BCUT2D eigenvalue weighted by Crippen LogP contribution is -2.46. The average molecular weight is 299 g/mol. The van der Waals surface area contributed by atoms with Crippen molar-refractivity contribution in [2.75, 3.05) is 6.61 Å². The van der Waals surface area contributed by atoms with Crippen LogP contribution in [0.15, 0.2) is 0 Å². The number of likely N-dealkylation sites (tertiary alicyclic amines) is 1. The van der Waals surface area contributed by atoms with Crippen LogP contribution in [0.2, 0.25) is 0 Å². The molecule has 0 aromatic carbocycles. The first-order valence-electron chi connectivity index (χ1n) is 7.31. The zero-order valence-electron chi connectivity index (χ0n) is 13.6. The molecule has 0 aliphatic carbocycles. The number of amides is 2. The molecule has 0 radical (unpaired) electrons. The van der Waals surface area contributed by atoms with Crippen molar-refractivity contribution in [3.05, 3.63) is 0 Å². The minimum Gasteiger partial charge on any atom is -0.464 e. The van der Waals surface area contributed by atoms with Gasteiger partial charge in [0.2, 0.25) is 5.91 Å². The van der Waals surface area contributed by atoms with Gasteiger partial charge in [-0.2, -0.15) is 0 Å². The summed E-state index contributed by atoms with van der Waals surface area (Å²) >= 11 is 0. The highest BCUT2D eigenvalue weighted by atomic mass is 16.6. The second-order valence-corrected chi connectivity index (χ2v) is 6.54. The van der Waals surface area contributed by atoms with Crippen LogP contribution in [0, 0.1) is 11.8 Å². The predicted molar refractivity (Wildman–Crippen MR) is 76.4 cm³/mol. The van der Waals surface area contributed by atoms with Crippen molar-refractivity contribution in [1.29, 1.82) is 0 Å². The van der Waals surface area contributed by atoms with Crippen LogP contribution in [-0.4, -0.2) is 41.1 Å². The van der Waals surface area contributed by atoms with Gasteiger partial charge in [0.25, 0.3) is 0 Å². The molecule has 1 heterocycles. The zero-order chi connectivity index (χ0) is 16.4. The van der Waals surface area contributed by atoms with Crippen LogP contribution in [-0.2, 0) is 19.1 Å². The number of hydrogen-bond donors (Lipinski definition) is 0. The molecule has 21 heavy (non-hydrogen) atoms. The quantitative estimate of drug-likeness (QED) is 0.748. The van der Waals surface area contributed by atoms with E-state index in [0.29, 0.717) is 0 Å². The van der Waals surface area contributed by atoms with Crippen LogP contribution >= 0.6 is 0 Å². The Hall–Kier alpha value is -1.59. The molecule has 0 bridgehead atoms. The van der Waals surface area contributed by atoms with Gasteiger partial charge in [-0.05, 0) is 40.0 Å². The third-order valence-electron chi connectivity index (χ3n) is 3.30. The predicted octanol–water partition coefficient (Wildman–Crippen LogP) is 2.36. The molecule has 0 spiro atoms. The smallest absolute Gasteiger partial charge is 0.417 e. The number of carbonyl (C=O) groups excluding carboxylic acids is 3. The van der Waals surface area contributed by atoms with E-state index in [1.807, 2.05) is 13.8 Å². The van der Waals surface area contributed by atoms with Gasteiger partial charge in [0.1, 0.15) is 11.6 Å². The van der Waals surface area contributed by atoms with Gasteiger partial charge >= 0.3 is 12.1 Å². The van der Waals surface area contributed by atoms with Gasteiger partial charge in [-0.1, -0.05) is 13.8 Å². The van der Waals surface area contributed by atoms with E-state index < -0.39 is 23.7 Å². The van der Waals surface area contributed by atoms with Gasteiger partial charge in [-0.3, -0.25) is 4.79 Å². The Labute approximate surface area is 125 Å². The van der Waals surface area contributed by atoms with Crippen LogP contribution < -0.4 is 0 Å². The Kier molecular flexibility index (Phi) is 5.36. The van der Waals surface area contributed by atoms with E-state index in [1.165, 1.54) is 0 Å². The topological polar surface area (TPSA) is 72.9 Å². The molecule has 6 heteroatoms. The first-order chi connectivity index (χ1) is 9.58. The van der Waals surface area contributed by atoms with Gasteiger partial charge in [0.15, 0.2) is 0 Å². The lowest BCUT2D eigenvalue weighted by molar-refractivity contribution is -0.151. The number of carbonyl (C=O) groups is 3. The van der Waals surface area contributed by atoms with Crippen molar-refractivity contribution in [2.24, 2.45) is 11.8 Å². The molecule has 6 nitrogen and oxygen atoms in total. The number of nitrogens with zero attached hydrogens (tertiary/aromatic N) is 1. The van der Waals surface area contributed by atoms with Gasteiger partial charge < -0.3 is 9.47 Å². The number of hydrogen-bond acceptors (Lipinski definition) is 5. The summed E-state index contributed by atoms with van der Waals surface area (Å²) in [6.45, 7) is 10.8. The van der Waals surface area contributed by atoms with Crippen molar-refractivity contribution >= 4 is 18.0 Å². The molecular weight excluding hydrogens is 274 g/mol. The minimum absolute atomic E-state index is 0.0434. The first kappa shape index (κ1) is 17.5. The summed E-state index contributed by atoms with van der Waals surface area (Å²) in [5.41, 5.74) is -0.730. The molecule has 1 aliphatic heterocycles. The fourth-order valence-corrected chi connectivity index (χ4v) is 2.30. The number of rotatable bonds is 3. The largest absolute Gasteiger partial charge is 0.464 e. The lowest BCUT2D eigenvalue weighted by Gasteiger charge is -2.26. The highest BCUT2D eigenvalue weighted by molar-refractivity contribution is 6.00. The summed E-state index contributed by atoms with van der Waals surface area (Å²) in [5, 5.41) is 0. The summed E-state index contributed by atoms with van der Waals surface area (Å²) in [7, 11) is 0. The second-order valence-electron chi connectivity index (χ2n) is 6.54. The molecule has 2 amide bonds. The molecule has 1 saturated heterocycles. The standard InChI is InChI=1S/C15H25NO5/c1-7-20-13(18)11-8-10(9(2)3)12(17)16(11)14(19)21-15(4,5)6/h9-11H,7-8H2,1-6H3/t10-,11+/m1/s1. The SMILES string of the molecule is CCOC(=O)[C@@H]1C[C@H](C(C)C)C(=O)N1C(=O)OC(C)(C)C. The molecule has 120 valence electrons. The molecule has 0 aromatic rings. The van der Waals surface area contributed by atoms with Crippen LogP contribution in [0.5, 0.6) is 0 Å². The van der Waals surface area contributed by atoms with Crippen LogP contribution in [0.25, 0.3) is 0 Å². The average Bonchev–Trinajstić information content (AvgIpc) is 2.65. The van der Waals surface area contributed by atoms with Crippen molar-refractivity contribution in [3.63, 3.8) is 0 Å². The van der Waals surface area contributed by atoms with E-state index >= 15 is 0 Å². The van der Waals surface area contributed by atoms with E-state index in [2.05, 4.69) is 0 Å². The third kappa shape index (κ3) is 4.19. The van der Waals surface area contributed by atoms with Crippen molar-refractivity contribution in [3.8, 4) is 0 Å². The minimum atomic E-state index is -0.889. The van der Waals surface area contributed by atoms with E-state index in [0.717, 1.165) is 4.90 Å². The van der Waals surface area contributed by atoms with Gasteiger partial charge in [0, 0.05) is 5.92 Å². The van der Waals surface area contributed by atoms with E-state index in [4.69, 9.17) is 9.47 Å². The van der Waals surface area contributed by atoms with E-state index in [9.17, 15) is 14.4 Å². The maximum Gasteiger partial charge on any atom is 0.417 e. The van der Waals surface area contributed by atoms with Gasteiger partial charge in [0.05, 0.1) is 6.61 Å². The van der Waals surface area contributed by atoms with Crippen molar-refractivity contribution < 1.29 is 23.9 Å². The highest BCUT2D eigenvalue weighted by Crippen LogP contribution is 2.32. The molecular formula is C15H25NO5. The Morgan fingerprint density at radius 3 is 2.33 bits per heavy atom. The Balaban J connectivity index is 3.01. The fourth-order valence-electron chi connectivity index (χ4n) is 2.30. The van der Waals surface area contributed by atoms with Gasteiger partial charge in [-0.25, -0.2) is 14.5 Å². The first-order valence-corrected chi connectivity index (χ1v) is 7.31. The van der Waals surface area contributed by atoms with Crippen LogP contribution in [0.3, 0.4) is 0 Å². The molecule has 1 fully saturated rings. The third-order valence-corrected chi connectivity index (χ3v) is 3.30. The van der Waals surface area contributed by atoms with E-state index in [1.54, 1.807) is 27.7 Å². The summed E-state index contributed by atoms with van der Waals surface area (Å²) < 4.78 is 10.2. The molecule has 0 saturated carbocycles. The monoisotopic (exact) mass is 299 g/mol. The lowest BCUT2D eigenvalue weighted by atomic mass is 9.93. The Morgan fingerprint density at radius 2 is 1.90 bits per heavy atom.